The lowest BCUT2D eigenvalue weighted by Crippen LogP contribution is -2.52. The number of urea groups is 1. The number of rotatable bonds is 1. The Morgan fingerprint density at radius 3 is 2.78 bits per heavy atom. The van der Waals surface area contributed by atoms with Gasteiger partial charge in [-0.25, -0.2) is 4.79 Å². The molecule has 0 aromatic heterocycles. The van der Waals surface area contributed by atoms with E-state index in [-0.39, 0.29) is 17.4 Å². The van der Waals surface area contributed by atoms with E-state index in [0.717, 1.165) is 9.37 Å². The average molecular weight is 378 g/mol. The fourth-order valence-corrected chi connectivity index (χ4v) is 2.95. The van der Waals surface area contributed by atoms with E-state index in [4.69, 9.17) is 5.73 Å². The number of aliphatic imine (C=N–C) groups is 1. The molecule has 0 spiro atoms. The number of fused-ring (bicyclic) bond motifs is 1. The number of nitrogens with zero attached hydrogens (tertiary/aromatic N) is 3. The molecule has 0 aliphatic carbocycles. The summed E-state index contributed by atoms with van der Waals surface area (Å²) in [5.41, 5.74) is 7.06. The molecule has 0 radical (unpaired) electrons. The molecule has 0 bridgehead atoms. The third kappa shape index (κ3) is 2.35. The van der Waals surface area contributed by atoms with Crippen LogP contribution in [0.4, 0.5) is 4.79 Å². The van der Waals surface area contributed by atoms with Crippen LogP contribution in [0, 0.1) is 5.92 Å². The molecule has 0 saturated carbocycles. The minimum absolute atomic E-state index is 0.00980. The summed E-state index contributed by atoms with van der Waals surface area (Å²) >= 11 is 3.33. The van der Waals surface area contributed by atoms with Crippen LogP contribution in [0.2, 0.25) is 0 Å². The number of aromatic hydroxyl groups is 1. The summed E-state index contributed by atoms with van der Waals surface area (Å²) in [6.45, 7) is 0. The Labute approximate surface area is 140 Å². The van der Waals surface area contributed by atoms with Crippen LogP contribution < -0.4 is 5.73 Å². The fraction of sp³-hybridized carbons (Fsp3) is 0.200. The Morgan fingerprint density at radius 1 is 1.39 bits per heavy atom. The molecule has 1 aromatic carbocycles. The smallest absolute Gasteiger partial charge is 0.445 e. The van der Waals surface area contributed by atoms with Crippen LogP contribution in [0.3, 0.4) is 0 Å². The van der Waals surface area contributed by atoms with Gasteiger partial charge in [0.15, 0.2) is 11.6 Å². The number of amides is 3. The summed E-state index contributed by atoms with van der Waals surface area (Å²) < 4.78 is 2.06. The number of phenols is 1. The van der Waals surface area contributed by atoms with Gasteiger partial charge in [0.2, 0.25) is 0 Å². The summed E-state index contributed by atoms with van der Waals surface area (Å²) in [4.78, 5) is 29.8. The molecule has 2 heterocycles. The first-order chi connectivity index (χ1) is 10.8. The number of allylic oxidation sites excluding steroid dienone is 1. The highest BCUT2D eigenvalue weighted by Crippen LogP contribution is 2.28. The maximum Gasteiger partial charge on any atom is 0.445 e. The number of halogens is 1. The van der Waals surface area contributed by atoms with Gasteiger partial charge in [-0.1, -0.05) is 15.9 Å². The van der Waals surface area contributed by atoms with Crippen molar-refractivity contribution in [2.24, 2.45) is 16.6 Å². The number of carbonyl (C=O) groups is 2. The molecule has 1 atom stereocenters. The van der Waals surface area contributed by atoms with Crippen LogP contribution in [0.1, 0.15) is 5.56 Å². The molecule has 23 heavy (non-hydrogen) atoms. The fourth-order valence-electron chi connectivity index (χ4n) is 2.59. The summed E-state index contributed by atoms with van der Waals surface area (Å²) in [6.07, 6.45) is 1.56. The normalized spacial score (nSPS) is 21.2. The van der Waals surface area contributed by atoms with Crippen LogP contribution in [0.25, 0.3) is 0 Å². The van der Waals surface area contributed by atoms with Crippen molar-refractivity contribution >= 4 is 39.4 Å². The Kier molecular flexibility index (Phi) is 3.56. The number of carbonyl (C=O) groups excluding carboxylic acids is 2. The monoisotopic (exact) mass is 377 g/mol. The van der Waals surface area contributed by atoms with Crippen LogP contribution >= 0.6 is 15.9 Å². The summed E-state index contributed by atoms with van der Waals surface area (Å²) in [7, 11) is 2.96. The van der Waals surface area contributed by atoms with Crippen molar-refractivity contribution in [1.29, 1.82) is 0 Å². The lowest BCUT2D eigenvalue weighted by atomic mass is 9.95. The van der Waals surface area contributed by atoms with Crippen LogP contribution in [0.15, 0.2) is 39.4 Å². The van der Waals surface area contributed by atoms with Gasteiger partial charge in [0.25, 0.3) is 5.84 Å². The van der Waals surface area contributed by atoms with Gasteiger partial charge in [-0.15, -0.1) is 4.99 Å². The molecule has 2 aliphatic heterocycles. The quantitative estimate of drug-likeness (QED) is 0.714. The van der Waals surface area contributed by atoms with Crippen LogP contribution in [0.5, 0.6) is 5.75 Å². The molecule has 2 aliphatic rings. The average Bonchev–Trinajstić information content (AvgIpc) is 2.53. The maximum absolute atomic E-state index is 12.3. The van der Waals surface area contributed by atoms with Crippen molar-refractivity contribution in [2.75, 3.05) is 14.1 Å². The van der Waals surface area contributed by atoms with Crippen molar-refractivity contribution in [3.63, 3.8) is 0 Å². The number of hydrogen-bond donors (Lipinski definition) is 2. The second-order valence-corrected chi connectivity index (χ2v) is 6.23. The van der Waals surface area contributed by atoms with Gasteiger partial charge in [-0.3, -0.25) is 4.79 Å². The zero-order valence-electron chi connectivity index (χ0n) is 12.4. The van der Waals surface area contributed by atoms with Gasteiger partial charge >= 0.3 is 11.9 Å². The topological polar surface area (TPSA) is 99.0 Å². The van der Waals surface area contributed by atoms with E-state index in [2.05, 4.69) is 20.9 Å². The van der Waals surface area contributed by atoms with E-state index in [1.807, 2.05) is 0 Å². The molecular formula is C15H14BrN4O3+. The van der Waals surface area contributed by atoms with Gasteiger partial charge in [0, 0.05) is 4.47 Å². The van der Waals surface area contributed by atoms with Gasteiger partial charge in [0.05, 0.1) is 25.4 Å². The molecule has 118 valence electrons. The molecule has 8 heteroatoms. The van der Waals surface area contributed by atoms with Crippen molar-refractivity contribution in [2.45, 2.75) is 0 Å². The zero-order chi connectivity index (χ0) is 16.9. The molecule has 1 unspecified atom stereocenters. The highest BCUT2D eigenvalue weighted by molar-refractivity contribution is 9.10. The predicted octanol–water partition coefficient (Wildman–Crippen LogP) is 1.05. The first-order valence-electron chi connectivity index (χ1n) is 6.78. The molecular weight excluding hydrogens is 364 g/mol. The van der Waals surface area contributed by atoms with Gasteiger partial charge < -0.3 is 10.8 Å². The number of benzene rings is 1. The molecule has 3 rings (SSSR count). The lowest BCUT2D eigenvalue weighted by Gasteiger charge is -2.24. The Morgan fingerprint density at radius 2 is 2.09 bits per heavy atom. The lowest BCUT2D eigenvalue weighted by molar-refractivity contribution is -0.407. The maximum atomic E-state index is 12.3. The molecule has 1 aromatic rings. The molecule has 7 nitrogen and oxygen atoms in total. The third-order valence-electron chi connectivity index (χ3n) is 3.85. The van der Waals surface area contributed by atoms with Gasteiger partial charge in [-0.05, 0) is 24.3 Å². The van der Waals surface area contributed by atoms with Crippen LogP contribution in [-0.2, 0) is 4.79 Å². The zero-order valence-corrected chi connectivity index (χ0v) is 14.0. The first-order valence-corrected chi connectivity index (χ1v) is 7.58. The number of imide groups is 1. The standard InChI is InChI=1S/C15H13BrN4O3/c1-19-13-9(14(22)20(2)15(19)23)6-10(17)12(18-13)8-5-7(16)3-4-11(8)21/h3-6,9H,17H2,1-2H3/p+1. The summed E-state index contributed by atoms with van der Waals surface area (Å²) in [5.74, 6) is -0.787. The van der Waals surface area contributed by atoms with Crippen molar-refractivity contribution in [3.05, 3.63) is 40.0 Å². The Hall–Kier alpha value is -2.48. The first kappa shape index (κ1) is 15.4. The van der Waals surface area contributed by atoms with Gasteiger partial charge in [0.1, 0.15) is 5.75 Å². The SMILES string of the molecule is CN1C(=O)C2C=C(N)C(c3cc(Br)ccc3O)=NC2=[N+](C)C1=O. The van der Waals surface area contributed by atoms with E-state index < -0.39 is 11.9 Å². The minimum atomic E-state index is -0.708. The number of dihydropyridines is 1. The van der Waals surface area contributed by atoms with E-state index in [1.165, 1.54) is 17.7 Å². The number of nitrogens with two attached hydrogens (primary N) is 1. The summed E-state index contributed by atoms with van der Waals surface area (Å²) in [6, 6.07) is 4.42. The Bertz CT molecular complexity index is 841. The second kappa shape index (κ2) is 5.31. The minimum Gasteiger partial charge on any atom is -0.507 e. The third-order valence-corrected chi connectivity index (χ3v) is 4.35. The van der Waals surface area contributed by atoms with E-state index in [1.54, 1.807) is 25.3 Å². The highest BCUT2D eigenvalue weighted by atomic mass is 79.9. The molecule has 3 amide bonds. The largest absolute Gasteiger partial charge is 0.507 e. The van der Waals surface area contributed by atoms with E-state index >= 15 is 0 Å². The number of phenolic OH excluding ortho intramolecular Hbond substituents is 1. The van der Waals surface area contributed by atoms with Crippen molar-refractivity contribution < 1.29 is 19.3 Å². The number of amidine groups is 1. The number of hydrogen-bond acceptors (Lipinski definition) is 5. The Balaban J connectivity index is 2.20. The van der Waals surface area contributed by atoms with Crippen molar-refractivity contribution in [1.82, 2.24) is 4.90 Å². The molecule has 0 fully saturated rings. The van der Waals surface area contributed by atoms with Crippen molar-refractivity contribution in [3.8, 4) is 5.75 Å². The molecule has 0 saturated heterocycles. The second-order valence-electron chi connectivity index (χ2n) is 5.32. The van der Waals surface area contributed by atoms with E-state index in [9.17, 15) is 14.7 Å². The predicted molar refractivity (Wildman–Crippen MR) is 87.5 cm³/mol. The van der Waals surface area contributed by atoms with E-state index in [0.29, 0.717) is 17.1 Å². The van der Waals surface area contributed by atoms with Gasteiger partial charge in [-0.2, -0.15) is 9.48 Å². The molecule has 3 N–H and O–H groups in total. The highest BCUT2D eigenvalue weighted by Gasteiger charge is 2.45. The summed E-state index contributed by atoms with van der Waals surface area (Å²) in [5, 5.41) is 10.1. The van der Waals surface area contributed by atoms with Crippen LogP contribution in [-0.4, -0.2) is 52.2 Å².